The molecule has 0 saturated carbocycles. The number of ether oxygens (including phenoxy) is 1. The number of alkyl carbamates (subject to hydrolysis) is 1. The van der Waals surface area contributed by atoms with Crippen LogP contribution in [0.4, 0.5) is 4.79 Å². The lowest BCUT2D eigenvalue weighted by Gasteiger charge is -2.15. The Morgan fingerprint density at radius 3 is 2.24 bits per heavy atom. The zero-order valence-electron chi connectivity index (χ0n) is 13.4. The van der Waals surface area contributed by atoms with Gasteiger partial charge in [0.25, 0.3) is 0 Å². The van der Waals surface area contributed by atoms with Crippen LogP contribution in [0.1, 0.15) is 18.4 Å². The standard InChI is InChI=1S/C14H20N2O4.H3O4P/c15-8-4-7-13(18)12(9-17)16-14(19)20-10-11-5-2-1-3-6-11;1-5(2,3)4/h1-3,5-6,12,17H,4,7-10,15H2,(H,16,19);(H3,1,2,3,4). The van der Waals surface area contributed by atoms with Crippen LogP contribution >= 0.6 is 7.82 Å². The van der Waals surface area contributed by atoms with Crippen LogP contribution in [-0.2, 0) is 20.7 Å². The Hall–Kier alpha value is -1.81. The largest absolute Gasteiger partial charge is 0.466 e. The number of aliphatic hydroxyl groups excluding tert-OH is 1. The average Bonchev–Trinajstić information content (AvgIpc) is 2.55. The van der Waals surface area contributed by atoms with Crippen molar-refractivity contribution < 1.29 is 38.7 Å². The molecule has 0 aliphatic carbocycles. The summed E-state index contributed by atoms with van der Waals surface area (Å²) in [6, 6.07) is 8.24. The summed E-state index contributed by atoms with van der Waals surface area (Å²) in [7, 11) is -4.64. The smallest absolute Gasteiger partial charge is 0.445 e. The fraction of sp³-hybridized carbons (Fsp3) is 0.429. The fourth-order valence-corrected chi connectivity index (χ4v) is 1.59. The summed E-state index contributed by atoms with van der Waals surface area (Å²) in [5, 5.41) is 11.5. The van der Waals surface area contributed by atoms with E-state index in [1.807, 2.05) is 30.3 Å². The Labute approximate surface area is 144 Å². The van der Waals surface area contributed by atoms with Crippen molar-refractivity contribution >= 4 is 19.7 Å². The van der Waals surface area contributed by atoms with Gasteiger partial charge < -0.3 is 35.6 Å². The maximum Gasteiger partial charge on any atom is 0.466 e. The van der Waals surface area contributed by atoms with Gasteiger partial charge in [-0.25, -0.2) is 9.36 Å². The van der Waals surface area contributed by atoms with Crippen molar-refractivity contribution in [3.05, 3.63) is 35.9 Å². The van der Waals surface area contributed by atoms with E-state index in [9.17, 15) is 9.59 Å². The van der Waals surface area contributed by atoms with Crippen LogP contribution in [0.5, 0.6) is 0 Å². The highest BCUT2D eigenvalue weighted by Crippen LogP contribution is 2.25. The third kappa shape index (κ3) is 14.3. The van der Waals surface area contributed by atoms with Gasteiger partial charge >= 0.3 is 13.9 Å². The number of hydrogen-bond acceptors (Lipinski definition) is 6. The second-order valence-corrected chi connectivity index (χ2v) is 5.84. The van der Waals surface area contributed by atoms with Crippen molar-refractivity contribution in [1.82, 2.24) is 5.32 Å². The molecule has 0 spiro atoms. The van der Waals surface area contributed by atoms with Gasteiger partial charge in [0.2, 0.25) is 0 Å². The van der Waals surface area contributed by atoms with Gasteiger partial charge in [0, 0.05) is 6.42 Å². The van der Waals surface area contributed by atoms with E-state index in [0.717, 1.165) is 5.56 Å². The van der Waals surface area contributed by atoms with E-state index in [2.05, 4.69) is 5.32 Å². The summed E-state index contributed by atoms with van der Waals surface area (Å²) < 4.78 is 13.9. The molecular formula is C14H23N2O8P. The van der Waals surface area contributed by atoms with Crippen molar-refractivity contribution in [1.29, 1.82) is 0 Å². The quantitative estimate of drug-likeness (QED) is 0.330. The number of nitrogens with one attached hydrogen (secondary N) is 1. The molecule has 0 radical (unpaired) electrons. The normalized spacial score (nSPS) is 11.7. The van der Waals surface area contributed by atoms with Crippen molar-refractivity contribution in [2.24, 2.45) is 5.73 Å². The molecule has 1 rings (SSSR count). The minimum atomic E-state index is -4.64. The maximum atomic E-state index is 11.7. The topological polar surface area (TPSA) is 179 Å². The highest BCUT2D eigenvalue weighted by Gasteiger charge is 2.19. The van der Waals surface area contributed by atoms with Gasteiger partial charge in [-0.2, -0.15) is 0 Å². The third-order valence-corrected chi connectivity index (χ3v) is 2.70. The molecule has 11 heteroatoms. The second kappa shape index (κ2) is 12.5. The number of benzene rings is 1. The van der Waals surface area contributed by atoms with Gasteiger partial charge in [0.1, 0.15) is 12.6 Å². The molecule has 1 amide bonds. The van der Waals surface area contributed by atoms with Crippen LogP contribution in [0.3, 0.4) is 0 Å². The van der Waals surface area contributed by atoms with E-state index in [0.29, 0.717) is 13.0 Å². The molecule has 0 saturated heterocycles. The minimum Gasteiger partial charge on any atom is -0.445 e. The number of carbonyl (C=O) groups is 2. The Balaban J connectivity index is 0.00000101. The second-order valence-electron chi connectivity index (χ2n) is 4.81. The number of Topliss-reactive ketones (excluding diaryl/α,β-unsaturated/α-hetero) is 1. The predicted molar refractivity (Wildman–Crippen MR) is 88.2 cm³/mol. The number of hydrogen-bond donors (Lipinski definition) is 6. The molecule has 0 bridgehead atoms. The molecule has 1 unspecified atom stereocenters. The number of nitrogens with two attached hydrogens (primary N) is 1. The first-order valence-corrected chi connectivity index (χ1v) is 8.83. The Morgan fingerprint density at radius 2 is 1.76 bits per heavy atom. The summed E-state index contributed by atoms with van der Waals surface area (Å²) in [4.78, 5) is 44.8. The van der Waals surface area contributed by atoms with Crippen LogP contribution in [0, 0.1) is 0 Å². The number of phosphoric acid groups is 1. The zero-order chi connectivity index (χ0) is 19.3. The highest BCUT2D eigenvalue weighted by molar-refractivity contribution is 7.45. The average molecular weight is 378 g/mol. The monoisotopic (exact) mass is 378 g/mol. The highest BCUT2D eigenvalue weighted by atomic mass is 31.2. The molecule has 0 heterocycles. The summed E-state index contributed by atoms with van der Waals surface area (Å²) in [6.07, 6.45) is 0.0190. The summed E-state index contributed by atoms with van der Waals surface area (Å²) in [5.41, 5.74) is 6.15. The molecular weight excluding hydrogens is 355 g/mol. The Kier molecular flexibility index (Phi) is 11.6. The summed E-state index contributed by atoms with van der Waals surface area (Å²) in [6.45, 7) is 0.0496. The lowest BCUT2D eigenvalue weighted by molar-refractivity contribution is -0.121. The first kappa shape index (κ1) is 23.2. The van der Waals surface area contributed by atoms with E-state index < -0.39 is 26.6 Å². The molecule has 10 nitrogen and oxygen atoms in total. The molecule has 1 aromatic rings. The van der Waals surface area contributed by atoms with Gasteiger partial charge in [-0.05, 0) is 18.5 Å². The zero-order valence-corrected chi connectivity index (χ0v) is 14.3. The van der Waals surface area contributed by atoms with Crippen LogP contribution < -0.4 is 11.1 Å². The lowest BCUT2D eigenvalue weighted by atomic mass is 10.1. The Bertz CT molecular complexity index is 555. The lowest BCUT2D eigenvalue weighted by Crippen LogP contribution is -2.43. The predicted octanol–water partition coefficient (Wildman–Crippen LogP) is -0.347. The van der Waals surface area contributed by atoms with E-state index in [-0.39, 0.29) is 18.8 Å². The van der Waals surface area contributed by atoms with Gasteiger partial charge in [-0.1, -0.05) is 30.3 Å². The minimum absolute atomic E-state index is 0.113. The number of amides is 1. The SMILES string of the molecule is NCCCC(=O)C(CO)NC(=O)OCc1ccccc1.O=P(O)(O)O. The van der Waals surface area contributed by atoms with E-state index >= 15 is 0 Å². The van der Waals surface area contributed by atoms with Crippen LogP contribution in [-0.4, -0.2) is 50.9 Å². The molecule has 142 valence electrons. The van der Waals surface area contributed by atoms with Crippen LogP contribution in [0.15, 0.2) is 30.3 Å². The van der Waals surface area contributed by atoms with E-state index in [1.54, 1.807) is 0 Å². The first-order chi connectivity index (χ1) is 11.7. The van der Waals surface area contributed by atoms with Crippen molar-refractivity contribution in [3.63, 3.8) is 0 Å². The number of rotatable bonds is 8. The molecule has 25 heavy (non-hydrogen) atoms. The summed E-state index contributed by atoms with van der Waals surface area (Å²) >= 11 is 0. The van der Waals surface area contributed by atoms with Crippen LogP contribution in [0.25, 0.3) is 0 Å². The maximum absolute atomic E-state index is 11.7. The van der Waals surface area contributed by atoms with E-state index in [4.69, 9.17) is 34.8 Å². The van der Waals surface area contributed by atoms with Crippen molar-refractivity contribution in [2.45, 2.75) is 25.5 Å². The summed E-state index contributed by atoms with van der Waals surface area (Å²) in [5.74, 6) is -0.255. The Morgan fingerprint density at radius 1 is 1.20 bits per heavy atom. The molecule has 0 aromatic heterocycles. The first-order valence-electron chi connectivity index (χ1n) is 7.26. The number of aliphatic hydroxyl groups is 1. The number of carbonyl (C=O) groups excluding carboxylic acids is 2. The van der Waals surface area contributed by atoms with E-state index in [1.165, 1.54) is 0 Å². The molecule has 0 aliphatic rings. The molecule has 0 aliphatic heterocycles. The van der Waals surface area contributed by atoms with Gasteiger partial charge in [0.15, 0.2) is 5.78 Å². The molecule has 1 atom stereocenters. The fourth-order valence-electron chi connectivity index (χ4n) is 1.59. The van der Waals surface area contributed by atoms with Crippen molar-refractivity contribution in [3.8, 4) is 0 Å². The van der Waals surface area contributed by atoms with Gasteiger partial charge in [-0.3, -0.25) is 4.79 Å². The van der Waals surface area contributed by atoms with Gasteiger partial charge in [-0.15, -0.1) is 0 Å². The van der Waals surface area contributed by atoms with Crippen LogP contribution in [0.2, 0.25) is 0 Å². The van der Waals surface area contributed by atoms with Gasteiger partial charge in [0.05, 0.1) is 6.61 Å². The third-order valence-electron chi connectivity index (χ3n) is 2.70. The molecule has 7 N–H and O–H groups in total. The van der Waals surface area contributed by atoms with Crippen molar-refractivity contribution in [2.75, 3.05) is 13.2 Å². The molecule has 1 aromatic carbocycles. The number of ketones is 1. The molecule has 0 fully saturated rings.